The van der Waals surface area contributed by atoms with Crippen LogP contribution in [-0.2, 0) is 5.41 Å². The lowest BCUT2D eigenvalue weighted by atomic mass is 9.86. The van der Waals surface area contributed by atoms with E-state index in [1.165, 1.54) is 5.56 Å². The van der Waals surface area contributed by atoms with Gasteiger partial charge in [-0.2, -0.15) is 0 Å². The highest BCUT2D eigenvalue weighted by atomic mass is 15.3. The number of nitrogens with one attached hydrogen (secondary N) is 1. The monoisotopic (exact) mass is 325 g/mol. The number of aromatic nitrogens is 2. The predicted octanol–water partition coefficient (Wildman–Crippen LogP) is 3.27. The molecule has 1 aromatic carbocycles. The Morgan fingerprint density at radius 2 is 1.71 bits per heavy atom. The van der Waals surface area contributed by atoms with Gasteiger partial charge in [0.2, 0.25) is 0 Å². The number of benzene rings is 1. The van der Waals surface area contributed by atoms with E-state index in [-0.39, 0.29) is 5.41 Å². The van der Waals surface area contributed by atoms with E-state index in [0.29, 0.717) is 0 Å². The van der Waals surface area contributed by atoms with Crippen LogP contribution in [0.5, 0.6) is 0 Å². The number of hydrogen-bond acceptors (Lipinski definition) is 5. The molecular formula is C19H27N5. The molecule has 0 spiro atoms. The van der Waals surface area contributed by atoms with Gasteiger partial charge in [-0.1, -0.05) is 39.0 Å². The number of piperazine rings is 1. The Kier molecular flexibility index (Phi) is 4.71. The fraction of sp³-hybridized carbons (Fsp3) is 0.474. The Labute approximate surface area is 144 Å². The molecule has 1 aliphatic heterocycles. The van der Waals surface area contributed by atoms with E-state index >= 15 is 0 Å². The summed E-state index contributed by atoms with van der Waals surface area (Å²) in [4.78, 5) is 13.5. The van der Waals surface area contributed by atoms with Crippen molar-refractivity contribution in [3.05, 3.63) is 42.2 Å². The average Bonchev–Trinajstić information content (AvgIpc) is 2.55. The summed E-state index contributed by atoms with van der Waals surface area (Å²) in [6, 6.07) is 10.5. The van der Waals surface area contributed by atoms with E-state index in [9.17, 15) is 0 Å². The fourth-order valence-electron chi connectivity index (χ4n) is 3.01. The summed E-state index contributed by atoms with van der Waals surface area (Å²) in [6.07, 6.45) is 1.65. The quantitative estimate of drug-likeness (QED) is 0.938. The summed E-state index contributed by atoms with van der Waals surface area (Å²) in [6.45, 7) is 10.8. The Balaban J connectivity index is 1.81. The molecule has 0 radical (unpaired) electrons. The first-order valence-electron chi connectivity index (χ1n) is 8.55. The predicted molar refractivity (Wildman–Crippen MR) is 100 cm³/mol. The SMILES string of the molecule is CN1CCN(c2cc(Nc3ccccc3C(C)(C)C)ncn2)CC1. The fourth-order valence-corrected chi connectivity index (χ4v) is 3.01. The average molecular weight is 325 g/mol. The third kappa shape index (κ3) is 3.85. The highest BCUT2D eigenvalue weighted by molar-refractivity contribution is 5.64. The molecule has 1 fully saturated rings. The molecule has 128 valence electrons. The molecule has 0 saturated carbocycles. The number of nitrogens with zero attached hydrogens (tertiary/aromatic N) is 4. The zero-order valence-electron chi connectivity index (χ0n) is 15.1. The Morgan fingerprint density at radius 3 is 2.42 bits per heavy atom. The van der Waals surface area contributed by atoms with E-state index in [2.05, 4.69) is 77.2 Å². The van der Waals surface area contributed by atoms with Crippen molar-refractivity contribution in [2.45, 2.75) is 26.2 Å². The Bertz CT molecular complexity index is 684. The number of para-hydroxylation sites is 1. The van der Waals surface area contributed by atoms with Gasteiger partial charge in [-0.05, 0) is 24.1 Å². The van der Waals surface area contributed by atoms with Crippen molar-refractivity contribution in [3.8, 4) is 0 Å². The van der Waals surface area contributed by atoms with Crippen molar-refractivity contribution >= 4 is 17.3 Å². The van der Waals surface area contributed by atoms with Crippen molar-refractivity contribution < 1.29 is 0 Å². The molecule has 5 heteroatoms. The zero-order valence-corrected chi connectivity index (χ0v) is 15.1. The lowest BCUT2D eigenvalue weighted by molar-refractivity contribution is 0.312. The first kappa shape index (κ1) is 16.7. The topological polar surface area (TPSA) is 44.3 Å². The van der Waals surface area contributed by atoms with Crippen molar-refractivity contribution in [1.82, 2.24) is 14.9 Å². The maximum absolute atomic E-state index is 4.46. The lowest BCUT2D eigenvalue weighted by Crippen LogP contribution is -2.44. The highest BCUT2D eigenvalue weighted by Gasteiger charge is 2.19. The van der Waals surface area contributed by atoms with Crippen LogP contribution in [0.1, 0.15) is 26.3 Å². The van der Waals surface area contributed by atoms with Gasteiger partial charge in [-0.15, -0.1) is 0 Å². The van der Waals surface area contributed by atoms with Crippen LogP contribution >= 0.6 is 0 Å². The van der Waals surface area contributed by atoms with Gasteiger partial charge in [0.05, 0.1) is 0 Å². The molecule has 1 N–H and O–H groups in total. The summed E-state index contributed by atoms with van der Waals surface area (Å²) in [5.41, 5.74) is 2.47. The highest BCUT2D eigenvalue weighted by Crippen LogP contribution is 2.31. The minimum absolute atomic E-state index is 0.0803. The second-order valence-corrected chi connectivity index (χ2v) is 7.47. The van der Waals surface area contributed by atoms with Crippen molar-refractivity contribution in [1.29, 1.82) is 0 Å². The number of likely N-dealkylation sites (N-methyl/N-ethyl adjacent to an activating group) is 1. The summed E-state index contributed by atoms with van der Waals surface area (Å²) in [7, 11) is 2.16. The van der Waals surface area contributed by atoms with Gasteiger partial charge in [0, 0.05) is 37.9 Å². The molecule has 3 rings (SSSR count). The van der Waals surface area contributed by atoms with E-state index in [4.69, 9.17) is 0 Å². The summed E-state index contributed by atoms with van der Waals surface area (Å²) in [5, 5.41) is 3.48. The van der Waals surface area contributed by atoms with Gasteiger partial charge < -0.3 is 15.1 Å². The van der Waals surface area contributed by atoms with Gasteiger partial charge in [-0.3, -0.25) is 0 Å². The minimum Gasteiger partial charge on any atom is -0.354 e. The molecule has 0 amide bonds. The molecule has 0 atom stereocenters. The van der Waals surface area contributed by atoms with Crippen LogP contribution in [0.2, 0.25) is 0 Å². The Morgan fingerprint density at radius 1 is 1.00 bits per heavy atom. The largest absolute Gasteiger partial charge is 0.354 e. The lowest BCUT2D eigenvalue weighted by Gasteiger charge is -2.33. The molecule has 0 aliphatic carbocycles. The second-order valence-electron chi connectivity index (χ2n) is 7.47. The van der Waals surface area contributed by atoms with Crippen LogP contribution < -0.4 is 10.2 Å². The van der Waals surface area contributed by atoms with Crippen LogP contribution in [0, 0.1) is 0 Å². The van der Waals surface area contributed by atoms with Gasteiger partial charge >= 0.3 is 0 Å². The molecule has 2 heterocycles. The van der Waals surface area contributed by atoms with E-state index in [1.807, 2.05) is 6.07 Å². The third-order valence-corrected chi connectivity index (χ3v) is 4.48. The maximum Gasteiger partial charge on any atom is 0.135 e. The molecule has 5 nitrogen and oxygen atoms in total. The molecule has 2 aromatic rings. The zero-order chi connectivity index (χ0) is 17.2. The first-order valence-corrected chi connectivity index (χ1v) is 8.55. The molecule has 1 saturated heterocycles. The maximum atomic E-state index is 4.46. The molecule has 1 aromatic heterocycles. The van der Waals surface area contributed by atoms with Crippen molar-refractivity contribution in [2.24, 2.45) is 0 Å². The third-order valence-electron chi connectivity index (χ3n) is 4.48. The molecule has 1 aliphatic rings. The Hall–Kier alpha value is -2.14. The summed E-state index contributed by atoms with van der Waals surface area (Å²) < 4.78 is 0. The standard InChI is InChI=1S/C19H27N5/c1-19(2,3)15-7-5-6-8-16(15)22-17-13-18(21-14-20-17)24-11-9-23(4)10-12-24/h5-8,13-14H,9-12H2,1-4H3,(H,20,21,22). The first-order chi connectivity index (χ1) is 11.4. The molecular weight excluding hydrogens is 298 g/mol. The molecule has 0 bridgehead atoms. The van der Waals surface area contributed by atoms with Crippen molar-refractivity contribution in [3.63, 3.8) is 0 Å². The van der Waals surface area contributed by atoms with E-state index in [1.54, 1.807) is 6.33 Å². The number of anilines is 3. The van der Waals surface area contributed by atoms with Gasteiger partial charge in [-0.25, -0.2) is 9.97 Å². The molecule has 0 unspecified atom stereocenters. The van der Waals surface area contributed by atoms with Gasteiger partial charge in [0.15, 0.2) is 0 Å². The van der Waals surface area contributed by atoms with Crippen molar-refractivity contribution in [2.75, 3.05) is 43.4 Å². The van der Waals surface area contributed by atoms with E-state index < -0.39 is 0 Å². The van der Waals surface area contributed by atoms with E-state index in [0.717, 1.165) is 43.5 Å². The van der Waals surface area contributed by atoms with Crippen LogP contribution in [0.3, 0.4) is 0 Å². The van der Waals surface area contributed by atoms with Crippen LogP contribution in [0.25, 0.3) is 0 Å². The number of rotatable bonds is 3. The number of hydrogen-bond donors (Lipinski definition) is 1. The van der Waals surface area contributed by atoms with Gasteiger partial charge in [0.1, 0.15) is 18.0 Å². The summed E-state index contributed by atoms with van der Waals surface area (Å²) in [5.74, 6) is 1.84. The van der Waals surface area contributed by atoms with Crippen LogP contribution in [0.15, 0.2) is 36.7 Å². The molecule has 24 heavy (non-hydrogen) atoms. The second kappa shape index (κ2) is 6.77. The van der Waals surface area contributed by atoms with Gasteiger partial charge in [0.25, 0.3) is 0 Å². The minimum atomic E-state index is 0.0803. The van der Waals surface area contributed by atoms with Crippen LogP contribution in [-0.4, -0.2) is 48.1 Å². The smallest absolute Gasteiger partial charge is 0.135 e. The summed E-state index contributed by atoms with van der Waals surface area (Å²) >= 11 is 0. The normalized spacial score (nSPS) is 16.2. The van der Waals surface area contributed by atoms with Crippen LogP contribution in [0.4, 0.5) is 17.3 Å².